The number of benzene rings is 1. The van der Waals surface area contributed by atoms with Gasteiger partial charge in [0.15, 0.2) is 12.8 Å². The van der Waals surface area contributed by atoms with Crippen molar-refractivity contribution in [2.45, 2.75) is 12.4 Å². The number of pyridine rings is 1. The van der Waals surface area contributed by atoms with Gasteiger partial charge in [0.05, 0.1) is 11.6 Å². The van der Waals surface area contributed by atoms with Crippen LogP contribution < -0.4 is 15.5 Å². The van der Waals surface area contributed by atoms with Gasteiger partial charge in [-0.3, -0.25) is 4.79 Å². The van der Waals surface area contributed by atoms with Crippen LogP contribution in [0, 0.1) is 0 Å². The molecule has 2 aromatic rings. The van der Waals surface area contributed by atoms with E-state index in [9.17, 15) is 31.1 Å². The summed E-state index contributed by atoms with van der Waals surface area (Å²) in [6.07, 6.45) is -7.95. The highest BCUT2D eigenvalue weighted by Crippen LogP contribution is 2.29. The number of nitrogens with one attached hydrogen (secondary N) is 1. The molecule has 0 bridgehead atoms. The van der Waals surface area contributed by atoms with Crippen molar-refractivity contribution in [1.82, 2.24) is 0 Å². The van der Waals surface area contributed by atoms with E-state index in [1.807, 2.05) is 0 Å². The zero-order valence-corrected chi connectivity index (χ0v) is 13.4. The maximum absolute atomic E-state index is 12.5. The Morgan fingerprint density at radius 3 is 2.07 bits per heavy atom. The number of nitrogens with zero attached hydrogens (tertiary/aromatic N) is 1. The minimum absolute atomic E-state index is 0.0378. The summed E-state index contributed by atoms with van der Waals surface area (Å²) in [5.74, 6) is -1.37. The lowest BCUT2D eigenvalue weighted by molar-refractivity contribution is -0.397. The van der Waals surface area contributed by atoms with Crippen molar-refractivity contribution >= 4 is 11.7 Å². The van der Waals surface area contributed by atoms with Crippen molar-refractivity contribution in [3.05, 3.63) is 59.3 Å². The van der Waals surface area contributed by atoms with Crippen molar-refractivity contribution in [3.63, 3.8) is 0 Å². The Morgan fingerprint density at radius 2 is 1.59 bits per heavy atom. The number of hydrogen-bond acceptors (Lipinski definition) is 2. The molecule has 0 radical (unpaired) electrons. The van der Waals surface area contributed by atoms with Gasteiger partial charge in [0.2, 0.25) is 0 Å². The number of hydrogen-bond donors (Lipinski definition) is 1. The van der Waals surface area contributed by atoms with E-state index in [-0.39, 0.29) is 22.8 Å². The lowest BCUT2D eigenvalue weighted by atomic mass is 10.1. The number of carbonyl (C=O) groups excluding carboxylic acids is 1. The lowest BCUT2D eigenvalue weighted by Crippen LogP contribution is -2.23. The molecule has 0 saturated heterocycles. The normalized spacial score (nSPS) is 12.7. The fraction of sp³-hybridized carbons (Fsp3) is 0.188. The Bertz CT molecular complexity index is 827. The average Bonchev–Trinajstić information content (AvgIpc) is 2.59. The summed E-state index contributed by atoms with van der Waals surface area (Å²) in [5, 5.41) is 0. The molecule has 0 aliphatic carbocycles. The Morgan fingerprint density at radius 1 is 1.00 bits per heavy atom. The summed E-state index contributed by atoms with van der Waals surface area (Å²) < 4.78 is 78.2. The molecule has 0 fully saturated rings. The summed E-state index contributed by atoms with van der Waals surface area (Å²) in [5.41, 5.74) is 4.79. The van der Waals surface area contributed by atoms with Crippen LogP contribution in [0.5, 0.6) is 5.88 Å². The van der Waals surface area contributed by atoms with Gasteiger partial charge in [0.25, 0.3) is 5.91 Å². The summed E-state index contributed by atoms with van der Waals surface area (Å²) >= 11 is 0. The molecule has 27 heavy (non-hydrogen) atoms. The highest BCUT2D eigenvalue weighted by Gasteiger charge is 2.30. The van der Waals surface area contributed by atoms with Gasteiger partial charge < -0.3 is 10.5 Å². The molecule has 2 rings (SSSR count). The number of H-pyrrole nitrogens is 1. The van der Waals surface area contributed by atoms with Crippen molar-refractivity contribution in [2.75, 3.05) is 6.61 Å². The molecule has 0 aliphatic heterocycles. The molecule has 0 spiro atoms. The number of halogens is 6. The summed E-state index contributed by atoms with van der Waals surface area (Å²) in [6.45, 7) is -1.50. The SMILES string of the molecule is NC(=NC(=O)c1ccc(OCC(F)(F)F)[nH+]c1)c1ccc(C(F)(F)F)cc1. The molecule has 1 aromatic heterocycles. The molecule has 144 valence electrons. The largest absolute Gasteiger partial charge is 0.435 e. The molecule has 1 amide bonds. The molecule has 0 unspecified atom stereocenters. The van der Waals surface area contributed by atoms with Crippen LogP contribution in [-0.2, 0) is 6.18 Å². The van der Waals surface area contributed by atoms with E-state index in [0.29, 0.717) is 0 Å². The Kier molecular flexibility index (Phi) is 5.72. The number of aromatic amines is 1. The third kappa shape index (κ3) is 5.97. The van der Waals surface area contributed by atoms with Gasteiger partial charge in [-0.05, 0) is 18.2 Å². The third-order valence-electron chi connectivity index (χ3n) is 3.15. The highest BCUT2D eigenvalue weighted by atomic mass is 19.4. The molecular weight excluding hydrogens is 380 g/mol. The van der Waals surface area contributed by atoms with Crippen LogP contribution in [0.15, 0.2) is 47.6 Å². The third-order valence-corrected chi connectivity index (χ3v) is 3.15. The summed E-state index contributed by atoms with van der Waals surface area (Å²) in [4.78, 5) is 17.9. The lowest BCUT2D eigenvalue weighted by Gasteiger charge is -2.07. The fourth-order valence-electron chi connectivity index (χ4n) is 1.86. The first-order valence-electron chi connectivity index (χ1n) is 7.23. The summed E-state index contributed by atoms with van der Waals surface area (Å²) in [6, 6.07) is 5.98. The number of aromatic nitrogens is 1. The molecule has 1 aromatic carbocycles. The Balaban J connectivity index is 2.08. The molecule has 1 heterocycles. The maximum atomic E-state index is 12.5. The smallest absolute Gasteiger partial charge is 0.422 e. The van der Waals surface area contributed by atoms with Crippen molar-refractivity contribution in [3.8, 4) is 5.88 Å². The predicted octanol–water partition coefficient (Wildman–Crippen LogP) is 3.01. The van der Waals surface area contributed by atoms with Crippen LogP contribution in [0.3, 0.4) is 0 Å². The van der Waals surface area contributed by atoms with Crippen LogP contribution in [0.4, 0.5) is 26.3 Å². The first-order valence-corrected chi connectivity index (χ1v) is 7.23. The minimum Gasteiger partial charge on any atom is -0.435 e. The van der Waals surface area contributed by atoms with Crippen molar-refractivity contribution in [2.24, 2.45) is 10.7 Å². The van der Waals surface area contributed by atoms with Crippen LogP contribution in [-0.4, -0.2) is 24.5 Å². The van der Waals surface area contributed by atoms with E-state index in [0.717, 1.165) is 42.6 Å². The molecular formula is C16H12F6N3O2+. The number of nitrogens with two attached hydrogens (primary N) is 1. The Labute approximate surface area is 148 Å². The number of amidine groups is 1. The van der Waals surface area contributed by atoms with E-state index in [4.69, 9.17) is 5.73 Å². The molecule has 11 heteroatoms. The van der Waals surface area contributed by atoms with Crippen LogP contribution in [0.25, 0.3) is 0 Å². The number of rotatable bonds is 4. The van der Waals surface area contributed by atoms with Gasteiger partial charge in [-0.1, -0.05) is 12.1 Å². The number of alkyl halides is 6. The molecule has 3 N–H and O–H groups in total. The van der Waals surface area contributed by atoms with E-state index >= 15 is 0 Å². The zero-order valence-electron chi connectivity index (χ0n) is 13.4. The number of aliphatic imine (C=N–C) groups is 1. The van der Waals surface area contributed by atoms with Crippen molar-refractivity contribution in [1.29, 1.82) is 0 Å². The van der Waals surface area contributed by atoms with E-state index in [1.165, 1.54) is 0 Å². The van der Waals surface area contributed by atoms with Gasteiger partial charge in [-0.15, -0.1) is 0 Å². The first kappa shape index (κ1) is 20.2. The van der Waals surface area contributed by atoms with Gasteiger partial charge >= 0.3 is 18.2 Å². The molecule has 0 aliphatic rings. The van der Waals surface area contributed by atoms with E-state index < -0.39 is 30.4 Å². The average molecular weight is 392 g/mol. The maximum Gasteiger partial charge on any atom is 0.422 e. The number of ether oxygens (including phenoxy) is 1. The van der Waals surface area contributed by atoms with Gasteiger partial charge in [0.1, 0.15) is 11.4 Å². The minimum atomic E-state index is -4.51. The Hall–Kier alpha value is -3.11. The van der Waals surface area contributed by atoms with Crippen LogP contribution >= 0.6 is 0 Å². The second kappa shape index (κ2) is 7.64. The standard InChI is InChI=1S/C16H11F6N3O2/c17-15(18,19)8-27-12-6-3-10(7-24-12)14(26)25-13(23)9-1-4-11(5-2-9)16(20,21)22/h1-7H,8H2,(H2,23,25,26)/p+1. The van der Waals surface area contributed by atoms with E-state index in [1.54, 1.807) is 0 Å². The molecule has 0 atom stereocenters. The van der Waals surface area contributed by atoms with Gasteiger partial charge in [-0.2, -0.15) is 36.3 Å². The molecule has 5 nitrogen and oxygen atoms in total. The van der Waals surface area contributed by atoms with Gasteiger partial charge in [-0.25, -0.2) is 0 Å². The second-order valence-corrected chi connectivity index (χ2v) is 5.22. The van der Waals surface area contributed by atoms with Gasteiger partial charge in [0, 0.05) is 5.56 Å². The first-order chi connectivity index (χ1) is 12.5. The summed E-state index contributed by atoms with van der Waals surface area (Å²) in [7, 11) is 0. The highest BCUT2D eigenvalue weighted by molar-refractivity contribution is 6.08. The van der Waals surface area contributed by atoms with Crippen molar-refractivity contribution < 1.29 is 40.9 Å². The predicted molar refractivity (Wildman–Crippen MR) is 81.0 cm³/mol. The van der Waals surface area contributed by atoms with Crippen LogP contribution in [0.2, 0.25) is 0 Å². The molecule has 0 saturated carbocycles. The second-order valence-electron chi connectivity index (χ2n) is 5.22. The zero-order chi connectivity index (χ0) is 20.2. The topological polar surface area (TPSA) is 78.8 Å². The quantitative estimate of drug-likeness (QED) is 0.494. The monoisotopic (exact) mass is 392 g/mol. The van der Waals surface area contributed by atoms with Crippen LogP contribution in [0.1, 0.15) is 21.5 Å². The fourth-order valence-corrected chi connectivity index (χ4v) is 1.86. The number of carbonyl (C=O) groups is 1. The number of amides is 1. The van der Waals surface area contributed by atoms with E-state index in [2.05, 4.69) is 14.7 Å².